The van der Waals surface area contributed by atoms with Crippen LogP contribution in [0.1, 0.15) is 20.3 Å². The Balaban J connectivity index is 2.71. The SMILES string of the molecule is CCNc1nc(Cl)nc(NC(C)CC(F)(F)F)n1. The minimum atomic E-state index is -4.24. The molecule has 0 radical (unpaired) electrons. The maximum absolute atomic E-state index is 12.2. The molecule has 0 saturated carbocycles. The summed E-state index contributed by atoms with van der Waals surface area (Å²) in [5, 5.41) is 5.25. The Kier molecular flexibility index (Phi) is 4.94. The van der Waals surface area contributed by atoms with Gasteiger partial charge in [-0.15, -0.1) is 0 Å². The van der Waals surface area contributed by atoms with Crippen LogP contribution >= 0.6 is 11.6 Å². The van der Waals surface area contributed by atoms with Crippen molar-refractivity contribution in [2.75, 3.05) is 17.2 Å². The van der Waals surface area contributed by atoms with E-state index < -0.39 is 18.6 Å². The van der Waals surface area contributed by atoms with E-state index in [1.54, 1.807) is 0 Å². The zero-order chi connectivity index (χ0) is 13.8. The zero-order valence-electron chi connectivity index (χ0n) is 9.85. The Labute approximate surface area is 107 Å². The number of hydrogen-bond acceptors (Lipinski definition) is 5. The van der Waals surface area contributed by atoms with Crippen molar-refractivity contribution >= 4 is 23.5 Å². The second-order valence-corrected chi connectivity index (χ2v) is 3.98. The average Bonchev–Trinajstić information content (AvgIpc) is 2.12. The lowest BCUT2D eigenvalue weighted by Crippen LogP contribution is -2.25. The Hall–Kier alpha value is -1.31. The predicted octanol–water partition coefficient (Wildman–Crippen LogP) is 2.71. The normalized spacial score (nSPS) is 13.2. The number of alkyl halides is 3. The van der Waals surface area contributed by atoms with Crippen LogP contribution in [0.4, 0.5) is 25.1 Å². The summed E-state index contributed by atoms with van der Waals surface area (Å²) in [6.07, 6.45) is -5.22. The number of nitrogens with one attached hydrogen (secondary N) is 2. The Morgan fingerprint density at radius 3 is 2.39 bits per heavy atom. The van der Waals surface area contributed by atoms with Crippen molar-refractivity contribution in [3.8, 4) is 0 Å². The van der Waals surface area contributed by atoms with Crippen LogP contribution in [0.25, 0.3) is 0 Å². The molecule has 0 spiro atoms. The van der Waals surface area contributed by atoms with Crippen LogP contribution in [0.5, 0.6) is 0 Å². The van der Waals surface area contributed by atoms with Crippen molar-refractivity contribution in [1.29, 1.82) is 0 Å². The summed E-state index contributed by atoms with van der Waals surface area (Å²) in [7, 11) is 0. The summed E-state index contributed by atoms with van der Waals surface area (Å²) < 4.78 is 36.5. The molecule has 0 aliphatic heterocycles. The first-order chi connectivity index (χ1) is 8.30. The molecule has 1 rings (SSSR count). The quantitative estimate of drug-likeness (QED) is 0.870. The fourth-order valence-corrected chi connectivity index (χ4v) is 1.43. The third-order valence-corrected chi connectivity index (χ3v) is 2.03. The van der Waals surface area contributed by atoms with Gasteiger partial charge < -0.3 is 10.6 Å². The third kappa shape index (κ3) is 5.35. The number of anilines is 2. The van der Waals surface area contributed by atoms with E-state index in [0.29, 0.717) is 6.54 Å². The highest BCUT2D eigenvalue weighted by Gasteiger charge is 2.30. The van der Waals surface area contributed by atoms with Gasteiger partial charge in [0.05, 0.1) is 6.42 Å². The number of hydrogen-bond donors (Lipinski definition) is 2. The Bertz CT molecular complexity index is 398. The van der Waals surface area contributed by atoms with Crippen LogP contribution in [-0.2, 0) is 0 Å². The molecular weight excluding hydrogens is 271 g/mol. The fraction of sp³-hybridized carbons (Fsp3) is 0.667. The molecule has 9 heteroatoms. The van der Waals surface area contributed by atoms with Gasteiger partial charge in [-0.05, 0) is 25.4 Å². The highest BCUT2D eigenvalue weighted by atomic mass is 35.5. The number of nitrogens with zero attached hydrogens (tertiary/aromatic N) is 3. The van der Waals surface area contributed by atoms with Crippen molar-refractivity contribution in [2.24, 2.45) is 0 Å². The van der Waals surface area contributed by atoms with Crippen LogP contribution in [0.3, 0.4) is 0 Å². The largest absolute Gasteiger partial charge is 0.391 e. The van der Waals surface area contributed by atoms with Crippen LogP contribution in [0, 0.1) is 0 Å². The molecule has 1 aromatic rings. The van der Waals surface area contributed by atoms with Crippen LogP contribution in [-0.4, -0.2) is 33.7 Å². The van der Waals surface area contributed by atoms with E-state index in [2.05, 4.69) is 25.6 Å². The Morgan fingerprint density at radius 1 is 1.22 bits per heavy atom. The van der Waals surface area contributed by atoms with E-state index in [1.165, 1.54) is 6.92 Å². The van der Waals surface area contributed by atoms with Crippen molar-refractivity contribution in [3.63, 3.8) is 0 Å². The zero-order valence-corrected chi connectivity index (χ0v) is 10.6. The van der Waals surface area contributed by atoms with Crippen molar-refractivity contribution in [1.82, 2.24) is 15.0 Å². The predicted molar refractivity (Wildman–Crippen MR) is 62.8 cm³/mol. The first-order valence-corrected chi connectivity index (χ1v) is 5.66. The summed E-state index contributed by atoms with van der Waals surface area (Å²) in [4.78, 5) is 11.4. The van der Waals surface area contributed by atoms with Crippen molar-refractivity contribution in [2.45, 2.75) is 32.5 Å². The topological polar surface area (TPSA) is 62.7 Å². The van der Waals surface area contributed by atoms with Gasteiger partial charge in [0, 0.05) is 12.6 Å². The van der Waals surface area contributed by atoms with Crippen molar-refractivity contribution < 1.29 is 13.2 Å². The second kappa shape index (κ2) is 6.03. The summed E-state index contributed by atoms with van der Waals surface area (Å²) in [6, 6.07) is -0.849. The summed E-state index contributed by atoms with van der Waals surface area (Å²) in [5.41, 5.74) is 0. The fourth-order valence-electron chi connectivity index (χ4n) is 1.27. The van der Waals surface area contributed by atoms with Gasteiger partial charge in [-0.3, -0.25) is 0 Å². The van der Waals surface area contributed by atoms with Gasteiger partial charge in [-0.25, -0.2) is 0 Å². The number of halogens is 4. The van der Waals surface area contributed by atoms with Crippen LogP contribution in [0.2, 0.25) is 5.28 Å². The highest BCUT2D eigenvalue weighted by molar-refractivity contribution is 6.28. The minimum Gasteiger partial charge on any atom is -0.354 e. The molecule has 0 bridgehead atoms. The monoisotopic (exact) mass is 283 g/mol. The summed E-state index contributed by atoms with van der Waals surface area (Å²) in [5.74, 6) is 0.238. The molecule has 2 N–H and O–H groups in total. The molecule has 1 aromatic heterocycles. The molecule has 1 unspecified atom stereocenters. The molecule has 0 aliphatic rings. The van der Waals surface area contributed by atoms with E-state index in [4.69, 9.17) is 11.6 Å². The molecule has 0 aromatic carbocycles. The molecule has 1 heterocycles. The van der Waals surface area contributed by atoms with Gasteiger partial charge in [-0.2, -0.15) is 28.1 Å². The highest BCUT2D eigenvalue weighted by Crippen LogP contribution is 2.22. The summed E-state index contributed by atoms with van der Waals surface area (Å²) in [6.45, 7) is 3.78. The lowest BCUT2D eigenvalue weighted by Gasteiger charge is -2.16. The Morgan fingerprint density at radius 2 is 1.83 bits per heavy atom. The van der Waals surface area contributed by atoms with Crippen molar-refractivity contribution in [3.05, 3.63) is 5.28 Å². The smallest absolute Gasteiger partial charge is 0.354 e. The molecule has 1 atom stereocenters. The minimum absolute atomic E-state index is 0.0164. The van der Waals surface area contributed by atoms with Gasteiger partial charge in [0.1, 0.15) is 0 Å². The lowest BCUT2D eigenvalue weighted by atomic mass is 10.2. The first-order valence-electron chi connectivity index (χ1n) is 5.29. The lowest BCUT2D eigenvalue weighted by molar-refractivity contribution is -0.136. The maximum Gasteiger partial charge on any atom is 0.391 e. The molecule has 5 nitrogen and oxygen atoms in total. The van der Waals surface area contributed by atoms with E-state index in [1.807, 2.05) is 6.92 Å². The molecule has 18 heavy (non-hydrogen) atoms. The van der Waals surface area contributed by atoms with Gasteiger partial charge in [0.2, 0.25) is 17.2 Å². The van der Waals surface area contributed by atoms with Gasteiger partial charge in [0.15, 0.2) is 0 Å². The second-order valence-electron chi connectivity index (χ2n) is 3.65. The van der Waals surface area contributed by atoms with Gasteiger partial charge in [0.25, 0.3) is 0 Å². The average molecular weight is 284 g/mol. The molecule has 102 valence electrons. The van der Waals surface area contributed by atoms with E-state index in [9.17, 15) is 13.2 Å². The molecular formula is C9H13ClF3N5. The molecule has 0 saturated heterocycles. The molecule has 0 aliphatic carbocycles. The molecule has 0 fully saturated rings. The standard InChI is InChI=1S/C9H13ClF3N5/c1-3-14-7-16-6(10)17-8(18-7)15-5(2)4-9(11,12)13/h5H,3-4H2,1-2H3,(H2,14,15,16,17,18). The first kappa shape index (κ1) is 14.7. The molecule has 0 amide bonds. The van der Waals surface area contributed by atoms with Crippen LogP contribution in [0.15, 0.2) is 0 Å². The van der Waals surface area contributed by atoms with E-state index in [-0.39, 0.29) is 17.2 Å². The van der Waals surface area contributed by atoms with E-state index >= 15 is 0 Å². The third-order valence-electron chi connectivity index (χ3n) is 1.86. The maximum atomic E-state index is 12.2. The summed E-state index contributed by atoms with van der Waals surface area (Å²) >= 11 is 5.64. The van der Waals surface area contributed by atoms with Gasteiger partial charge in [-0.1, -0.05) is 0 Å². The number of rotatable bonds is 5. The van der Waals surface area contributed by atoms with Crippen LogP contribution < -0.4 is 10.6 Å². The van der Waals surface area contributed by atoms with Gasteiger partial charge >= 0.3 is 6.18 Å². The number of aromatic nitrogens is 3. The van der Waals surface area contributed by atoms with E-state index in [0.717, 1.165) is 0 Å².